The number of rotatable bonds is 5. The Labute approximate surface area is 112 Å². The Hall–Kier alpha value is -2.07. The molecule has 0 atom stereocenters. The van der Waals surface area contributed by atoms with Crippen molar-refractivity contribution in [3.63, 3.8) is 0 Å². The number of imidazole rings is 1. The molecule has 3 aromatic rings. The summed E-state index contributed by atoms with van der Waals surface area (Å²) in [6, 6.07) is 10.0. The Balaban J connectivity index is 1.88. The third-order valence-corrected chi connectivity index (χ3v) is 3.07. The maximum absolute atomic E-state index is 5.88. The summed E-state index contributed by atoms with van der Waals surface area (Å²) < 4.78 is 7.91. The van der Waals surface area contributed by atoms with E-state index >= 15 is 0 Å². The summed E-state index contributed by atoms with van der Waals surface area (Å²) in [6.45, 7) is 3.93. The monoisotopic (exact) mass is 255 g/mol. The Bertz CT molecular complexity index is 669. The molecular weight excluding hydrogens is 238 g/mol. The predicted molar refractivity (Wildman–Crippen MR) is 74.9 cm³/mol. The van der Waals surface area contributed by atoms with E-state index in [1.807, 2.05) is 40.9 Å². The second-order valence-electron chi connectivity index (χ2n) is 4.51. The zero-order valence-electron chi connectivity index (χ0n) is 11.0. The number of hydrogen-bond acceptors (Lipinski definition) is 3. The van der Waals surface area contributed by atoms with Crippen molar-refractivity contribution in [3.05, 3.63) is 48.5 Å². The smallest absolute Gasteiger partial charge is 0.151 e. The molecule has 0 bridgehead atoms. The molecule has 19 heavy (non-hydrogen) atoms. The summed E-state index contributed by atoms with van der Waals surface area (Å²) in [5, 5.41) is 3.34. The fraction of sp³-hybridized carbons (Fsp3) is 0.267. The first-order chi connectivity index (χ1) is 9.38. The summed E-state index contributed by atoms with van der Waals surface area (Å²) in [6.07, 6.45) is 4.87. The third-order valence-electron chi connectivity index (χ3n) is 3.07. The van der Waals surface area contributed by atoms with Gasteiger partial charge in [-0.1, -0.05) is 13.0 Å². The molecule has 1 N–H and O–H groups in total. The van der Waals surface area contributed by atoms with E-state index in [0.717, 1.165) is 42.4 Å². The van der Waals surface area contributed by atoms with Crippen molar-refractivity contribution in [1.29, 1.82) is 0 Å². The quantitative estimate of drug-likeness (QED) is 0.712. The highest BCUT2D eigenvalue weighted by atomic mass is 16.3. The van der Waals surface area contributed by atoms with E-state index in [0.29, 0.717) is 0 Å². The largest absolute Gasteiger partial charge is 0.458 e. The van der Waals surface area contributed by atoms with E-state index in [9.17, 15) is 0 Å². The van der Waals surface area contributed by atoms with Gasteiger partial charge in [0.1, 0.15) is 11.4 Å². The number of hydrogen-bond donors (Lipinski definition) is 1. The van der Waals surface area contributed by atoms with Crippen molar-refractivity contribution in [1.82, 2.24) is 14.7 Å². The van der Waals surface area contributed by atoms with Gasteiger partial charge < -0.3 is 9.73 Å². The van der Waals surface area contributed by atoms with Crippen LogP contribution >= 0.6 is 0 Å². The van der Waals surface area contributed by atoms with E-state index < -0.39 is 0 Å². The molecule has 3 heterocycles. The standard InChI is InChI=1S/C15H17N3O/c1-2-8-16-11-12-6-7-14(19-12)13-4-3-5-15-17-9-10-18(13)15/h3-7,9-10,16H,2,8,11H2,1H3. The van der Waals surface area contributed by atoms with Crippen LogP contribution in [0.1, 0.15) is 19.1 Å². The van der Waals surface area contributed by atoms with E-state index in [1.165, 1.54) is 0 Å². The van der Waals surface area contributed by atoms with Gasteiger partial charge in [0.05, 0.1) is 12.2 Å². The molecule has 3 aromatic heterocycles. The van der Waals surface area contributed by atoms with Crippen LogP contribution in [0.5, 0.6) is 0 Å². The van der Waals surface area contributed by atoms with Crippen LogP contribution in [0.3, 0.4) is 0 Å². The fourth-order valence-electron chi connectivity index (χ4n) is 2.15. The van der Waals surface area contributed by atoms with Crippen molar-refractivity contribution >= 4 is 5.65 Å². The minimum atomic E-state index is 0.772. The van der Waals surface area contributed by atoms with Crippen LogP contribution in [-0.4, -0.2) is 15.9 Å². The van der Waals surface area contributed by atoms with Gasteiger partial charge >= 0.3 is 0 Å². The van der Waals surface area contributed by atoms with E-state index in [1.54, 1.807) is 6.20 Å². The SMILES string of the molecule is CCCNCc1ccc(-c2cccc3nccn23)o1. The first-order valence-electron chi connectivity index (χ1n) is 6.60. The highest BCUT2D eigenvalue weighted by molar-refractivity contribution is 5.58. The average molecular weight is 255 g/mol. The molecule has 0 saturated heterocycles. The van der Waals surface area contributed by atoms with Crippen LogP contribution in [0.2, 0.25) is 0 Å². The molecule has 0 aliphatic rings. The van der Waals surface area contributed by atoms with E-state index in [4.69, 9.17) is 4.42 Å². The molecule has 4 nitrogen and oxygen atoms in total. The molecule has 0 radical (unpaired) electrons. The lowest BCUT2D eigenvalue weighted by molar-refractivity contribution is 0.492. The lowest BCUT2D eigenvalue weighted by atomic mass is 10.3. The minimum absolute atomic E-state index is 0.772. The molecule has 4 heteroatoms. The molecule has 0 fully saturated rings. The summed E-state index contributed by atoms with van der Waals surface area (Å²) in [5.41, 5.74) is 1.95. The highest BCUT2D eigenvalue weighted by Gasteiger charge is 2.08. The Kier molecular flexibility index (Phi) is 3.33. The molecule has 0 aliphatic heterocycles. The first-order valence-corrected chi connectivity index (χ1v) is 6.60. The number of aromatic nitrogens is 2. The Morgan fingerprint density at radius 3 is 3.11 bits per heavy atom. The molecule has 0 amide bonds. The molecule has 0 aliphatic carbocycles. The Morgan fingerprint density at radius 1 is 1.26 bits per heavy atom. The molecular formula is C15H17N3O. The molecule has 0 spiro atoms. The summed E-state index contributed by atoms with van der Waals surface area (Å²) in [7, 11) is 0. The summed E-state index contributed by atoms with van der Waals surface area (Å²) >= 11 is 0. The number of nitrogens with one attached hydrogen (secondary N) is 1. The minimum Gasteiger partial charge on any atom is -0.458 e. The van der Waals surface area contributed by atoms with Gasteiger partial charge in [-0.05, 0) is 37.2 Å². The third kappa shape index (κ3) is 2.39. The number of pyridine rings is 1. The molecule has 0 unspecified atom stereocenters. The van der Waals surface area contributed by atoms with Crippen molar-refractivity contribution in [2.75, 3.05) is 6.54 Å². The van der Waals surface area contributed by atoms with E-state index in [-0.39, 0.29) is 0 Å². The van der Waals surface area contributed by atoms with Crippen LogP contribution in [0, 0.1) is 0 Å². The molecule has 98 valence electrons. The van der Waals surface area contributed by atoms with Crippen LogP contribution in [0.4, 0.5) is 0 Å². The normalized spacial score (nSPS) is 11.2. The zero-order chi connectivity index (χ0) is 13.1. The second kappa shape index (κ2) is 5.28. The highest BCUT2D eigenvalue weighted by Crippen LogP contribution is 2.23. The van der Waals surface area contributed by atoms with Gasteiger partial charge in [0.25, 0.3) is 0 Å². The number of furan rings is 1. The maximum atomic E-state index is 5.88. The van der Waals surface area contributed by atoms with Crippen LogP contribution in [0.25, 0.3) is 17.1 Å². The summed E-state index contributed by atoms with van der Waals surface area (Å²) in [5.74, 6) is 1.83. The van der Waals surface area contributed by atoms with Crippen LogP contribution < -0.4 is 5.32 Å². The maximum Gasteiger partial charge on any atom is 0.151 e. The van der Waals surface area contributed by atoms with Gasteiger partial charge in [0, 0.05) is 12.4 Å². The lowest BCUT2D eigenvalue weighted by Crippen LogP contribution is -2.12. The van der Waals surface area contributed by atoms with E-state index in [2.05, 4.69) is 17.2 Å². The van der Waals surface area contributed by atoms with Gasteiger partial charge in [-0.3, -0.25) is 4.40 Å². The van der Waals surface area contributed by atoms with Gasteiger partial charge in [-0.15, -0.1) is 0 Å². The van der Waals surface area contributed by atoms with Crippen LogP contribution in [0.15, 0.2) is 47.1 Å². The predicted octanol–water partition coefficient (Wildman–Crippen LogP) is 3.09. The number of nitrogens with zero attached hydrogens (tertiary/aromatic N) is 2. The molecule has 0 saturated carbocycles. The van der Waals surface area contributed by atoms with Crippen molar-refractivity contribution in [2.45, 2.75) is 19.9 Å². The first kappa shape index (κ1) is 12.0. The van der Waals surface area contributed by atoms with Crippen molar-refractivity contribution in [2.24, 2.45) is 0 Å². The summed E-state index contributed by atoms with van der Waals surface area (Å²) in [4.78, 5) is 4.28. The second-order valence-corrected chi connectivity index (χ2v) is 4.51. The lowest BCUT2D eigenvalue weighted by Gasteiger charge is -2.02. The fourth-order valence-corrected chi connectivity index (χ4v) is 2.15. The topological polar surface area (TPSA) is 42.5 Å². The van der Waals surface area contributed by atoms with Crippen molar-refractivity contribution < 1.29 is 4.42 Å². The van der Waals surface area contributed by atoms with Crippen molar-refractivity contribution in [3.8, 4) is 11.5 Å². The average Bonchev–Trinajstić information content (AvgIpc) is 3.07. The van der Waals surface area contributed by atoms with Gasteiger partial charge in [0.15, 0.2) is 5.76 Å². The van der Waals surface area contributed by atoms with Gasteiger partial charge in [-0.2, -0.15) is 0 Å². The van der Waals surface area contributed by atoms with Gasteiger partial charge in [0.2, 0.25) is 0 Å². The zero-order valence-corrected chi connectivity index (χ0v) is 11.0. The molecule has 0 aromatic carbocycles. The van der Waals surface area contributed by atoms with Crippen LogP contribution in [-0.2, 0) is 6.54 Å². The number of fused-ring (bicyclic) bond motifs is 1. The van der Waals surface area contributed by atoms with Gasteiger partial charge in [-0.25, -0.2) is 4.98 Å². The molecule has 3 rings (SSSR count). The Morgan fingerprint density at radius 2 is 2.21 bits per heavy atom.